The molecule has 0 radical (unpaired) electrons. The van der Waals surface area contributed by atoms with Crippen molar-refractivity contribution >= 4 is 16.0 Å². The molecule has 5 unspecified atom stereocenters. The summed E-state index contributed by atoms with van der Waals surface area (Å²) in [5, 5.41) is -0.245. The molecule has 1 N–H and O–H groups in total. The maximum absolute atomic E-state index is 12.1. The van der Waals surface area contributed by atoms with Gasteiger partial charge in [-0.25, -0.2) is 13.1 Å². The summed E-state index contributed by atoms with van der Waals surface area (Å²) in [7, 11) is -3.18. The van der Waals surface area contributed by atoms with E-state index in [1.54, 1.807) is 0 Å². The zero-order chi connectivity index (χ0) is 15.3. The molecule has 0 aromatic rings. The maximum atomic E-state index is 12.1. The van der Waals surface area contributed by atoms with Gasteiger partial charge < -0.3 is 9.64 Å². The number of hydrogen-bond donors (Lipinski definition) is 1. The summed E-state index contributed by atoms with van der Waals surface area (Å²) in [5.74, 6) is 0.198. The molecule has 2 aliphatic heterocycles. The Bertz CT molecular complexity index is 558. The minimum atomic E-state index is -3.18. The fourth-order valence-corrected chi connectivity index (χ4v) is 6.96. The molecule has 5 atom stereocenters. The SMILES string of the molecule is O=C(CCN1CCCCC1)OC1C2CC3C1NS(=O)(=O)C3C2. The van der Waals surface area contributed by atoms with Gasteiger partial charge in [-0.05, 0) is 50.6 Å². The molecule has 2 aliphatic carbocycles. The van der Waals surface area contributed by atoms with Crippen LogP contribution in [0.2, 0.25) is 0 Å². The summed E-state index contributed by atoms with van der Waals surface area (Å²) in [5.41, 5.74) is 0. The number of likely N-dealkylation sites (tertiary alicyclic amines) is 1. The van der Waals surface area contributed by atoms with Crippen molar-refractivity contribution in [3.8, 4) is 0 Å². The molecule has 0 amide bonds. The second kappa shape index (κ2) is 5.46. The summed E-state index contributed by atoms with van der Waals surface area (Å²) in [4.78, 5) is 14.4. The average molecular weight is 328 g/mol. The summed E-state index contributed by atoms with van der Waals surface area (Å²) >= 11 is 0. The third-order valence-electron chi connectivity index (χ3n) is 5.91. The molecular weight excluding hydrogens is 304 g/mol. The quantitative estimate of drug-likeness (QED) is 0.760. The molecule has 124 valence electrons. The predicted molar refractivity (Wildman–Crippen MR) is 80.6 cm³/mol. The Morgan fingerprint density at radius 1 is 1.18 bits per heavy atom. The van der Waals surface area contributed by atoms with Gasteiger partial charge in [0.1, 0.15) is 6.10 Å². The normalized spacial score (nSPS) is 42.6. The lowest BCUT2D eigenvalue weighted by atomic mass is 9.93. The first kappa shape index (κ1) is 14.9. The molecule has 2 heterocycles. The number of piperidine rings is 1. The molecular formula is C15H24N2O4S. The van der Waals surface area contributed by atoms with Gasteiger partial charge in [-0.2, -0.15) is 0 Å². The molecule has 7 heteroatoms. The third-order valence-corrected chi connectivity index (χ3v) is 7.85. The highest BCUT2D eigenvalue weighted by atomic mass is 32.2. The van der Waals surface area contributed by atoms with Gasteiger partial charge in [-0.3, -0.25) is 4.79 Å². The first-order valence-corrected chi connectivity index (χ1v) is 10.0. The van der Waals surface area contributed by atoms with Gasteiger partial charge in [0.15, 0.2) is 0 Å². The molecule has 0 aromatic carbocycles. The highest BCUT2D eigenvalue weighted by Crippen LogP contribution is 2.52. The Morgan fingerprint density at radius 2 is 1.95 bits per heavy atom. The summed E-state index contributed by atoms with van der Waals surface area (Å²) in [6.45, 7) is 2.91. The summed E-state index contributed by atoms with van der Waals surface area (Å²) < 4.78 is 32.4. The van der Waals surface area contributed by atoms with Crippen LogP contribution in [-0.2, 0) is 19.6 Å². The van der Waals surface area contributed by atoms with Crippen molar-refractivity contribution in [1.29, 1.82) is 0 Å². The number of nitrogens with one attached hydrogen (secondary N) is 1. The third kappa shape index (κ3) is 2.47. The highest BCUT2D eigenvalue weighted by Gasteiger charge is 2.63. The first-order chi connectivity index (χ1) is 10.5. The van der Waals surface area contributed by atoms with Crippen molar-refractivity contribution in [2.45, 2.75) is 55.9 Å². The van der Waals surface area contributed by atoms with Crippen LogP contribution in [0.3, 0.4) is 0 Å². The minimum absolute atomic E-state index is 0.148. The number of fused-ring (bicyclic) bond motifs is 1. The van der Waals surface area contributed by atoms with Crippen LogP contribution in [0, 0.1) is 11.8 Å². The number of carbonyl (C=O) groups excluding carboxylic acids is 1. The standard InChI is InChI=1S/C15H24N2O4S/c18-13(4-7-17-5-2-1-3-6-17)21-15-10-8-11-12(9-10)22(19,20)16-14(11)15/h10-12,14-16H,1-9H2. The molecule has 6 nitrogen and oxygen atoms in total. The van der Waals surface area contributed by atoms with E-state index in [4.69, 9.17) is 4.74 Å². The van der Waals surface area contributed by atoms with Crippen molar-refractivity contribution in [3.63, 3.8) is 0 Å². The van der Waals surface area contributed by atoms with Crippen molar-refractivity contribution in [1.82, 2.24) is 9.62 Å². The van der Waals surface area contributed by atoms with E-state index in [0.717, 1.165) is 26.1 Å². The van der Waals surface area contributed by atoms with Crippen molar-refractivity contribution in [2.24, 2.45) is 11.8 Å². The van der Waals surface area contributed by atoms with Crippen LogP contribution in [-0.4, -0.2) is 56.3 Å². The summed E-state index contributed by atoms with van der Waals surface area (Å²) in [6, 6.07) is -0.173. The molecule has 4 fully saturated rings. The van der Waals surface area contributed by atoms with Crippen molar-refractivity contribution in [3.05, 3.63) is 0 Å². The van der Waals surface area contributed by atoms with Crippen LogP contribution in [0.4, 0.5) is 0 Å². The first-order valence-electron chi connectivity index (χ1n) is 8.47. The Morgan fingerprint density at radius 3 is 2.73 bits per heavy atom. The topological polar surface area (TPSA) is 75.7 Å². The second-order valence-electron chi connectivity index (χ2n) is 7.23. The van der Waals surface area contributed by atoms with Crippen molar-refractivity contribution in [2.75, 3.05) is 19.6 Å². The van der Waals surface area contributed by atoms with E-state index in [2.05, 4.69) is 9.62 Å². The Balaban J connectivity index is 1.32. The van der Waals surface area contributed by atoms with E-state index < -0.39 is 10.0 Å². The molecule has 2 bridgehead atoms. The van der Waals surface area contributed by atoms with Gasteiger partial charge in [0.25, 0.3) is 0 Å². The van der Waals surface area contributed by atoms with Crippen LogP contribution in [0.5, 0.6) is 0 Å². The number of hydrogen-bond acceptors (Lipinski definition) is 5. The molecule has 0 spiro atoms. The Hall–Kier alpha value is -0.660. The number of nitrogens with zero attached hydrogens (tertiary/aromatic N) is 1. The molecule has 22 heavy (non-hydrogen) atoms. The largest absolute Gasteiger partial charge is 0.460 e. The molecule has 2 saturated heterocycles. The minimum Gasteiger partial charge on any atom is -0.460 e. The van der Waals surface area contributed by atoms with Gasteiger partial charge >= 0.3 is 5.97 Å². The van der Waals surface area contributed by atoms with E-state index in [0.29, 0.717) is 12.8 Å². The van der Waals surface area contributed by atoms with Gasteiger partial charge in [-0.15, -0.1) is 0 Å². The zero-order valence-electron chi connectivity index (χ0n) is 12.7. The van der Waals surface area contributed by atoms with Crippen LogP contribution in [0.1, 0.15) is 38.5 Å². The number of carbonyl (C=O) groups is 1. The van der Waals surface area contributed by atoms with Gasteiger partial charge in [0, 0.05) is 6.54 Å². The number of rotatable bonds is 4. The van der Waals surface area contributed by atoms with Gasteiger partial charge in [0.05, 0.1) is 17.7 Å². The predicted octanol–water partition coefficient (Wildman–Crippen LogP) is 0.484. The maximum Gasteiger partial charge on any atom is 0.307 e. The smallest absolute Gasteiger partial charge is 0.307 e. The second-order valence-corrected chi connectivity index (χ2v) is 9.16. The van der Waals surface area contributed by atoms with Gasteiger partial charge in [-0.1, -0.05) is 6.42 Å². The van der Waals surface area contributed by atoms with E-state index in [1.807, 2.05) is 0 Å². The number of esters is 1. The number of ether oxygens (including phenoxy) is 1. The molecule has 0 aromatic heterocycles. The fraction of sp³-hybridized carbons (Fsp3) is 0.933. The van der Waals surface area contributed by atoms with Crippen LogP contribution < -0.4 is 4.72 Å². The fourth-order valence-electron chi connectivity index (χ4n) is 4.85. The monoisotopic (exact) mass is 328 g/mol. The lowest BCUT2D eigenvalue weighted by Gasteiger charge is -2.28. The Kier molecular flexibility index (Phi) is 3.70. The van der Waals surface area contributed by atoms with Crippen LogP contribution in [0.15, 0.2) is 0 Å². The molecule has 4 rings (SSSR count). The van der Waals surface area contributed by atoms with E-state index in [-0.39, 0.29) is 35.2 Å². The highest BCUT2D eigenvalue weighted by molar-refractivity contribution is 7.90. The van der Waals surface area contributed by atoms with E-state index in [1.165, 1.54) is 19.3 Å². The molecule has 4 aliphatic rings. The van der Waals surface area contributed by atoms with E-state index in [9.17, 15) is 13.2 Å². The van der Waals surface area contributed by atoms with Crippen molar-refractivity contribution < 1.29 is 17.9 Å². The van der Waals surface area contributed by atoms with Crippen LogP contribution in [0.25, 0.3) is 0 Å². The lowest BCUT2D eigenvalue weighted by molar-refractivity contribution is -0.152. The van der Waals surface area contributed by atoms with Crippen LogP contribution >= 0.6 is 0 Å². The summed E-state index contributed by atoms with van der Waals surface area (Å²) in [6.07, 6.45) is 5.42. The zero-order valence-corrected chi connectivity index (χ0v) is 13.6. The average Bonchev–Trinajstić information content (AvgIpc) is 3.10. The lowest BCUT2D eigenvalue weighted by Crippen LogP contribution is -2.42. The van der Waals surface area contributed by atoms with Gasteiger partial charge in [0.2, 0.25) is 10.0 Å². The van der Waals surface area contributed by atoms with E-state index >= 15 is 0 Å². The number of sulfonamides is 1. The molecule has 2 saturated carbocycles. The Labute approximate surface area is 131 Å².